The maximum atomic E-state index is 6.07. The van der Waals surface area contributed by atoms with E-state index in [1.807, 2.05) is 31.2 Å². The van der Waals surface area contributed by atoms with Crippen LogP contribution in [0.5, 0.6) is 5.88 Å². The van der Waals surface area contributed by atoms with Crippen LogP contribution in [0.1, 0.15) is 24.0 Å². The first-order valence-corrected chi connectivity index (χ1v) is 7.35. The zero-order chi connectivity index (χ0) is 14.5. The summed E-state index contributed by atoms with van der Waals surface area (Å²) in [5, 5.41) is 3.09. The molecule has 20 heavy (non-hydrogen) atoms. The second kappa shape index (κ2) is 6.51. The predicted molar refractivity (Wildman–Crippen MR) is 81.2 cm³/mol. The van der Waals surface area contributed by atoms with Crippen LogP contribution < -0.4 is 15.4 Å². The number of nitrogen functional groups attached to an aromatic ring is 1. The van der Waals surface area contributed by atoms with E-state index in [4.69, 9.17) is 10.5 Å². The third-order valence-corrected chi connectivity index (χ3v) is 3.52. The summed E-state index contributed by atoms with van der Waals surface area (Å²) >= 11 is 1.63. The van der Waals surface area contributed by atoms with Crippen molar-refractivity contribution in [3.05, 3.63) is 22.4 Å². The minimum Gasteiger partial charge on any atom is -0.476 e. The number of anilines is 2. The van der Waals surface area contributed by atoms with Gasteiger partial charge in [0.2, 0.25) is 5.88 Å². The second-order valence-corrected chi connectivity index (χ2v) is 5.54. The number of hydrogen-bond donors (Lipinski definition) is 1. The minimum atomic E-state index is 0.443. The largest absolute Gasteiger partial charge is 0.476 e. The predicted octanol–water partition coefficient (Wildman–Crippen LogP) is 2.25. The maximum Gasteiger partial charge on any atom is 0.242 e. The van der Waals surface area contributed by atoms with Gasteiger partial charge in [0.25, 0.3) is 0 Å². The standard InChI is InChI=1S/C13H19N5OS/c1-4-5-19-13-11(14)12(15-8-16-13)18(3)6-10-7-20-9(2)17-10/h7-8H,4-6,14H2,1-3H3. The Bertz CT molecular complexity index is 572. The van der Waals surface area contributed by atoms with Gasteiger partial charge in [-0.1, -0.05) is 6.92 Å². The van der Waals surface area contributed by atoms with Gasteiger partial charge >= 0.3 is 0 Å². The summed E-state index contributed by atoms with van der Waals surface area (Å²) in [7, 11) is 1.93. The van der Waals surface area contributed by atoms with Crippen LogP contribution in [0.2, 0.25) is 0 Å². The van der Waals surface area contributed by atoms with Gasteiger partial charge in [0.1, 0.15) is 12.0 Å². The lowest BCUT2D eigenvalue weighted by Crippen LogP contribution is -2.20. The minimum absolute atomic E-state index is 0.443. The van der Waals surface area contributed by atoms with Gasteiger partial charge in [0.15, 0.2) is 5.82 Å². The van der Waals surface area contributed by atoms with Crippen LogP contribution in [0.25, 0.3) is 0 Å². The van der Waals surface area contributed by atoms with Crippen LogP contribution in [0.4, 0.5) is 11.5 Å². The first-order chi connectivity index (χ1) is 9.61. The van der Waals surface area contributed by atoms with E-state index in [-0.39, 0.29) is 0 Å². The molecule has 0 aromatic carbocycles. The Morgan fingerprint density at radius 3 is 2.85 bits per heavy atom. The van der Waals surface area contributed by atoms with Gasteiger partial charge in [-0.25, -0.2) is 9.97 Å². The summed E-state index contributed by atoms with van der Waals surface area (Å²) in [4.78, 5) is 14.7. The number of aromatic nitrogens is 3. The van der Waals surface area contributed by atoms with Gasteiger partial charge in [-0.3, -0.25) is 0 Å². The average Bonchev–Trinajstić information content (AvgIpc) is 2.83. The van der Waals surface area contributed by atoms with Crippen LogP contribution in [0, 0.1) is 6.92 Å². The number of hydrogen-bond acceptors (Lipinski definition) is 7. The van der Waals surface area contributed by atoms with Crippen molar-refractivity contribution in [3.8, 4) is 5.88 Å². The summed E-state index contributed by atoms with van der Waals surface area (Å²) in [5.74, 6) is 1.11. The SMILES string of the molecule is CCCOc1ncnc(N(C)Cc2csc(C)n2)c1N. The van der Waals surface area contributed by atoms with Crippen molar-refractivity contribution >= 4 is 22.8 Å². The molecule has 0 atom stereocenters. The fourth-order valence-electron chi connectivity index (χ4n) is 1.79. The molecule has 108 valence electrons. The zero-order valence-corrected chi connectivity index (χ0v) is 12.8. The number of rotatable bonds is 6. The van der Waals surface area contributed by atoms with Crippen LogP contribution in [0.3, 0.4) is 0 Å². The van der Waals surface area contributed by atoms with Crippen molar-refractivity contribution in [2.75, 3.05) is 24.3 Å². The van der Waals surface area contributed by atoms with Crippen molar-refractivity contribution in [3.63, 3.8) is 0 Å². The van der Waals surface area contributed by atoms with E-state index in [2.05, 4.69) is 15.0 Å². The molecule has 2 aromatic rings. The van der Waals surface area contributed by atoms with E-state index in [9.17, 15) is 0 Å². The molecule has 2 heterocycles. The van der Waals surface area contributed by atoms with Gasteiger partial charge in [-0.2, -0.15) is 4.98 Å². The molecule has 7 heteroatoms. The fourth-order valence-corrected chi connectivity index (χ4v) is 2.39. The summed E-state index contributed by atoms with van der Waals surface area (Å²) < 4.78 is 5.51. The molecule has 0 fully saturated rings. The van der Waals surface area contributed by atoms with E-state index >= 15 is 0 Å². The number of nitrogens with zero attached hydrogens (tertiary/aromatic N) is 4. The topological polar surface area (TPSA) is 77.2 Å². The lowest BCUT2D eigenvalue weighted by molar-refractivity contribution is 0.306. The number of nitrogens with two attached hydrogens (primary N) is 1. The van der Waals surface area contributed by atoms with Crippen molar-refractivity contribution in [2.45, 2.75) is 26.8 Å². The molecule has 0 amide bonds. The molecule has 0 bridgehead atoms. The number of thiazole rings is 1. The summed E-state index contributed by atoms with van der Waals surface area (Å²) in [5.41, 5.74) is 7.55. The Balaban J connectivity index is 2.14. The van der Waals surface area contributed by atoms with E-state index in [0.717, 1.165) is 17.1 Å². The monoisotopic (exact) mass is 293 g/mol. The molecular weight excluding hydrogens is 274 g/mol. The van der Waals surface area contributed by atoms with Crippen molar-refractivity contribution in [1.82, 2.24) is 15.0 Å². The van der Waals surface area contributed by atoms with Gasteiger partial charge in [-0.05, 0) is 13.3 Å². The van der Waals surface area contributed by atoms with E-state index in [1.54, 1.807) is 11.3 Å². The summed E-state index contributed by atoms with van der Waals surface area (Å²) in [6.07, 6.45) is 2.38. The zero-order valence-electron chi connectivity index (χ0n) is 12.0. The highest BCUT2D eigenvalue weighted by Gasteiger charge is 2.14. The Kier molecular flexibility index (Phi) is 4.73. The first kappa shape index (κ1) is 14.5. The van der Waals surface area contributed by atoms with Crippen LogP contribution in [-0.4, -0.2) is 28.6 Å². The van der Waals surface area contributed by atoms with E-state index in [0.29, 0.717) is 30.5 Å². The van der Waals surface area contributed by atoms with Gasteiger partial charge < -0.3 is 15.4 Å². The first-order valence-electron chi connectivity index (χ1n) is 6.47. The summed E-state index contributed by atoms with van der Waals surface area (Å²) in [6, 6.07) is 0. The van der Waals surface area contributed by atoms with Gasteiger partial charge in [-0.15, -0.1) is 11.3 Å². The lowest BCUT2D eigenvalue weighted by atomic mass is 10.4. The van der Waals surface area contributed by atoms with Crippen LogP contribution in [-0.2, 0) is 6.54 Å². The molecule has 0 saturated heterocycles. The van der Waals surface area contributed by atoms with E-state index < -0.39 is 0 Å². The molecule has 2 rings (SSSR count). The smallest absolute Gasteiger partial charge is 0.242 e. The highest BCUT2D eigenvalue weighted by molar-refractivity contribution is 7.09. The molecule has 6 nitrogen and oxygen atoms in total. The van der Waals surface area contributed by atoms with Crippen LogP contribution in [0.15, 0.2) is 11.7 Å². The quantitative estimate of drug-likeness (QED) is 0.880. The normalized spacial score (nSPS) is 10.6. The highest BCUT2D eigenvalue weighted by Crippen LogP contribution is 2.28. The molecule has 0 radical (unpaired) electrons. The molecular formula is C13H19N5OS. The molecule has 0 aliphatic rings. The molecule has 2 N–H and O–H groups in total. The van der Waals surface area contributed by atoms with Crippen molar-refractivity contribution in [1.29, 1.82) is 0 Å². The maximum absolute atomic E-state index is 6.07. The van der Waals surface area contributed by atoms with Gasteiger partial charge in [0.05, 0.1) is 23.9 Å². The third-order valence-electron chi connectivity index (χ3n) is 2.70. The number of aryl methyl sites for hydroxylation is 1. The van der Waals surface area contributed by atoms with Crippen LogP contribution >= 0.6 is 11.3 Å². The highest BCUT2D eigenvalue weighted by atomic mass is 32.1. The Morgan fingerprint density at radius 1 is 1.40 bits per heavy atom. The molecule has 0 unspecified atom stereocenters. The Morgan fingerprint density at radius 2 is 2.20 bits per heavy atom. The lowest BCUT2D eigenvalue weighted by Gasteiger charge is -2.19. The molecule has 0 saturated carbocycles. The number of ether oxygens (including phenoxy) is 1. The molecule has 0 spiro atoms. The molecule has 0 aliphatic carbocycles. The second-order valence-electron chi connectivity index (χ2n) is 4.48. The van der Waals surface area contributed by atoms with Crippen molar-refractivity contribution < 1.29 is 4.74 Å². The van der Waals surface area contributed by atoms with Gasteiger partial charge in [0, 0.05) is 12.4 Å². The fraction of sp³-hybridized carbons (Fsp3) is 0.462. The Labute approximate surface area is 122 Å². The van der Waals surface area contributed by atoms with E-state index in [1.165, 1.54) is 6.33 Å². The molecule has 0 aliphatic heterocycles. The Hall–Kier alpha value is -1.89. The third kappa shape index (κ3) is 3.36. The average molecular weight is 293 g/mol. The molecule has 2 aromatic heterocycles. The van der Waals surface area contributed by atoms with Crippen molar-refractivity contribution in [2.24, 2.45) is 0 Å². The summed E-state index contributed by atoms with van der Waals surface area (Å²) in [6.45, 7) is 5.27.